The van der Waals surface area contributed by atoms with Gasteiger partial charge in [-0.05, 0) is 77.6 Å². The lowest BCUT2D eigenvalue weighted by molar-refractivity contribution is 0.520. The predicted molar refractivity (Wildman–Crippen MR) is 131 cm³/mol. The fraction of sp³-hybridized carbons (Fsp3) is 0.444. The van der Waals surface area contributed by atoms with Crippen molar-refractivity contribution in [3.8, 4) is 0 Å². The van der Waals surface area contributed by atoms with E-state index in [4.69, 9.17) is 0 Å². The molecule has 0 unspecified atom stereocenters. The van der Waals surface area contributed by atoms with E-state index in [1.165, 1.54) is 0 Å². The van der Waals surface area contributed by atoms with Crippen molar-refractivity contribution in [3.05, 3.63) is 70.8 Å². The zero-order valence-electron chi connectivity index (χ0n) is 20.7. The molecule has 0 saturated heterocycles. The van der Waals surface area contributed by atoms with Gasteiger partial charge in [0.2, 0.25) is 12.2 Å². The van der Waals surface area contributed by atoms with E-state index in [0.717, 1.165) is 22.3 Å². The Bertz CT molecular complexity index is 1050. The summed E-state index contributed by atoms with van der Waals surface area (Å²) >= 11 is 0. The standard InChI is InChI=1S/C27H32N4O2/c1-24(2,20-9-13-22(14-10-20)26(5,6)30-18-32)28-17-29-25(3,4)21-11-15-23(16-12-21)27(7,8)31-19-33/h9-16H,1-8H3. The van der Waals surface area contributed by atoms with Gasteiger partial charge in [-0.25, -0.2) is 19.6 Å². The molecule has 0 aliphatic rings. The van der Waals surface area contributed by atoms with Crippen LogP contribution in [0.15, 0.2) is 68.5 Å². The van der Waals surface area contributed by atoms with Gasteiger partial charge in [0.05, 0.1) is 28.2 Å². The molecule has 0 aliphatic heterocycles. The SMILES string of the molecule is CC(C)(N=C=O)c1ccc(C(C)(C)N=C=NC(C)(C)c2ccc(C(C)(C)N=C=O)cc2)cc1. The van der Waals surface area contributed by atoms with Crippen molar-refractivity contribution in [3.63, 3.8) is 0 Å². The molecule has 6 heteroatoms. The molecule has 172 valence electrons. The van der Waals surface area contributed by atoms with E-state index in [0.29, 0.717) is 0 Å². The van der Waals surface area contributed by atoms with Gasteiger partial charge in [0.1, 0.15) is 0 Å². The van der Waals surface area contributed by atoms with Crippen molar-refractivity contribution in [2.75, 3.05) is 0 Å². The molecule has 0 bridgehead atoms. The Hall–Kier alpha value is -3.42. The fourth-order valence-corrected chi connectivity index (χ4v) is 3.33. The average molecular weight is 445 g/mol. The normalized spacial score (nSPS) is 12.1. The van der Waals surface area contributed by atoms with Crippen LogP contribution < -0.4 is 0 Å². The smallest absolute Gasteiger partial charge is 0.215 e. The number of rotatable bonds is 8. The van der Waals surface area contributed by atoms with E-state index in [-0.39, 0.29) is 0 Å². The van der Waals surface area contributed by atoms with Crippen molar-refractivity contribution in [1.82, 2.24) is 0 Å². The zero-order valence-corrected chi connectivity index (χ0v) is 20.7. The molecule has 2 aromatic rings. The van der Waals surface area contributed by atoms with E-state index in [9.17, 15) is 9.59 Å². The van der Waals surface area contributed by atoms with Crippen molar-refractivity contribution in [2.45, 2.75) is 77.5 Å². The van der Waals surface area contributed by atoms with Crippen molar-refractivity contribution in [1.29, 1.82) is 0 Å². The summed E-state index contributed by atoms with van der Waals surface area (Å²) in [6.45, 7) is 15.5. The van der Waals surface area contributed by atoms with Crippen LogP contribution in [0.25, 0.3) is 0 Å². The number of aliphatic imine (C=N–C) groups is 4. The van der Waals surface area contributed by atoms with Gasteiger partial charge in [-0.3, -0.25) is 0 Å². The Balaban J connectivity index is 2.26. The molecule has 0 atom stereocenters. The Morgan fingerprint density at radius 3 is 0.879 bits per heavy atom. The third-order valence-electron chi connectivity index (χ3n) is 5.90. The van der Waals surface area contributed by atoms with Crippen LogP contribution >= 0.6 is 0 Å². The van der Waals surface area contributed by atoms with E-state index in [2.05, 4.69) is 26.0 Å². The maximum Gasteiger partial charge on any atom is 0.235 e. The van der Waals surface area contributed by atoms with Crippen molar-refractivity contribution >= 4 is 18.2 Å². The number of isocyanates is 2. The molecule has 2 aromatic carbocycles. The quantitative estimate of drug-likeness (QED) is 0.360. The van der Waals surface area contributed by atoms with Crippen LogP contribution in [0.3, 0.4) is 0 Å². The van der Waals surface area contributed by atoms with Crippen LogP contribution in [0.5, 0.6) is 0 Å². The minimum atomic E-state index is -0.622. The van der Waals surface area contributed by atoms with Gasteiger partial charge in [-0.2, -0.15) is 9.98 Å². The molecule has 0 N–H and O–H groups in total. The maximum absolute atomic E-state index is 10.7. The molecular weight excluding hydrogens is 412 g/mol. The molecule has 2 rings (SSSR count). The Kier molecular flexibility index (Phi) is 7.52. The monoisotopic (exact) mass is 444 g/mol. The highest BCUT2D eigenvalue weighted by atomic mass is 16.1. The summed E-state index contributed by atoms with van der Waals surface area (Å²) in [5.74, 6) is 0. The van der Waals surface area contributed by atoms with E-state index in [1.54, 1.807) is 12.2 Å². The third kappa shape index (κ3) is 6.31. The molecule has 0 aliphatic carbocycles. The lowest BCUT2D eigenvalue weighted by atomic mass is 9.89. The van der Waals surface area contributed by atoms with Crippen LogP contribution in [0.1, 0.15) is 77.6 Å². The number of hydrogen-bond donors (Lipinski definition) is 0. The lowest BCUT2D eigenvalue weighted by Crippen LogP contribution is -2.18. The number of benzene rings is 2. The highest BCUT2D eigenvalue weighted by molar-refractivity contribution is 5.47. The van der Waals surface area contributed by atoms with Crippen molar-refractivity contribution in [2.24, 2.45) is 20.0 Å². The molecule has 0 amide bonds. The van der Waals surface area contributed by atoms with Gasteiger partial charge < -0.3 is 0 Å². The molecule has 33 heavy (non-hydrogen) atoms. The maximum atomic E-state index is 10.7. The first-order chi connectivity index (χ1) is 15.2. The molecule has 0 heterocycles. The van der Waals surface area contributed by atoms with Crippen LogP contribution in [-0.2, 0) is 31.7 Å². The van der Waals surface area contributed by atoms with Gasteiger partial charge in [0.15, 0.2) is 0 Å². The second-order valence-corrected chi connectivity index (χ2v) is 10.1. The second kappa shape index (κ2) is 9.60. The Morgan fingerprint density at radius 2 is 0.667 bits per heavy atom. The van der Waals surface area contributed by atoms with Gasteiger partial charge in [-0.1, -0.05) is 48.5 Å². The molecular formula is C27H32N4O2. The minimum Gasteiger partial charge on any atom is -0.215 e. The van der Waals surface area contributed by atoms with Gasteiger partial charge in [-0.15, -0.1) is 0 Å². The minimum absolute atomic E-state index is 0.531. The second-order valence-electron chi connectivity index (χ2n) is 10.1. The molecule has 0 saturated carbocycles. The Labute approximate surface area is 196 Å². The number of carbonyl (C=O) groups excluding carboxylic acids is 2. The topological polar surface area (TPSA) is 83.6 Å². The fourth-order valence-electron chi connectivity index (χ4n) is 3.33. The highest BCUT2D eigenvalue weighted by Gasteiger charge is 2.24. The first-order valence-electron chi connectivity index (χ1n) is 10.8. The zero-order chi connectivity index (χ0) is 24.9. The van der Waals surface area contributed by atoms with E-state index >= 15 is 0 Å². The molecule has 0 spiro atoms. The van der Waals surface area contributed by atoms with Gasteiger partial charge >= 0.3 is 0 Å². The Morgan fingerprint density at radius 1 is 0.455 bits per heavy atom. The average Bonchev–Trinajstić information content (AvgIpc) is 2.73. The molecule has 6 nitrogen and oxygen atoms in total. The summed E-state index contributed by atoms with van der Waals surface area (Å²) in [5, 5.41) is 0. The number of nitrogens with zero attached hydrogens (tertiary/aromatic N) is 4. The van der Waals surface area contributed by atoms with Crippen molar-refractivity contribution < 1.29 is 9.59 Å². The van der Waals surface area contributed by atoms with Crippen LogP contribution in [-0.4, -0.2) is 18.2 Å². The lowest BCUT2D eigenvalue weighted by Gasteiger charge is -2.23. The first kappa shape index (κ1) is 25.8. The highest BCUT2D eigenvalue weighted by Crippen LogP contribution is 2.31. The summed E-state index contributed by atoms with van der Waals surface area (Å²) in [7, 11) is 0. The van der Waals surface area contributed by atoms with Crippen LogP contribution in [0.4, 0.5) is 0 Å². The molecule has 0 radical (unpaired) electrons. The van der Waals surface area contributed by atoms with Crippen LogP contribution in [0, 0.1) is 0 Å². The molecule has 0 fully saturated rings. The molecule has 0 aromatic heterocycles. The van der Waals surface area contributed by atoms with Gasteiger partial charge in [0.25, 0.3) is 0 Å². The van der Waals surface area contributed by atoms with E-state index < -0.39 is 22.2 Å². The van der Waals surface area contributed by atoms with Crippen LogP contribution in [0.2, 0.25) is 0 Å². The first-order valence-corrected chi connectivity index (χ1v) is 10.8. The third-order valence-corrected chi connectivity index (χ3v) is 5.90. The predicted octanol–water partition coefficient (Wildman–Crippen LogP) is 6.17. The summed E-state index contributed by atoms with van der Waals surface area (Å²) in [6.07, 6.45) is 3.27. The summed E-state index contributed by atoms with van der Waals surface area (Å²) in [5.41, 5.74) is 1.55. The summed E-state index contributed by atoms with van der Waals surface area (Å²) in [6, 6.07) is 18.6. The van der Waals surface area contributed by atoms with E-state index in [1.807, 2.05) is 104 Å². The summed E-state index contributed by atoms with van der Waals surface area (Å²) < 4.78 is 0. The summed E-state index contributed by atoms with van der Waals surface area (Å²) in [4.78, 5) is 38.2. The largest absolute Gasteiger partial charge is 0.235 e. The van der Waals surface area contributed by atoms with Gasteiger partial charge in [0, 0.05) is 0 Å². The number of hydrogen-bond acceptors (Lipinski definition) is 6.